The van der Waals surface area contributed by atoms with Crippen LogP contribution in [0.4, 0.5) is 11.4 Å². The van der Waals surface area contributed by atoms with Gasteiger partial charge in [0.15, 0.2) is 18.1 Å². The van der Waals surface area contributed by atoms with Crippen LogP contribution >= 0.6 is 11.6 Å². The summed E-state index contributed by atoms with van der Waals surface area (Å²) in [6, 6.07) is 9.54. The summed E-state index contributed by atoms with van der Waals surface area (Å²) in [5.41, 5.74) is -0.811. The number of aliphatic hydroxyl groups excluding tert-OH is 1. The fourth-order valence-electron chi connectivity index (χ4n) is 3.60. The number of nitro benzene ring substituents is 1. The highest BCUT2D eigenvalue weighted by molar-refractivity contribution is 6.30. The van der Waals surface area contributed by atoms with Crippen LogP contribution in [-0.4, -0.2) is 48.2 Å². The van der Waals surface area contributed by atoms with E-state index < -0.39 is 29.0 Å². The Morgan fingerprint density at radius 2 is 2.00 bits per heavy atom. The number of guanidine groups is 1. The molecule has 0 aromatic heterocycles. The van der Waals surface area contributed by atoms with E-state index in [-0.39, 0.29) is 23.0 Å². The van der Waals surface area contributed by atoms with E-state index in [1.807, 2.05) is 0 Å². The first-order chi connectivity index (χ1) is 15.7. The Morgan fingerprint density at radius 1 is 1.33 bits per heavy atom. The third-order valence-electron chi connectivity index (χ3n) is 5.18. The summed E-state index contributed by atoms with van der Waals surface area (Å²) in [6.45, 7) is 1.58. The molecule has 0 saturated carbocycles. The molecular formula is C21H22ClN5O6. The highest BCUT2D eigenvalue weighted by atomic mass is 35.5. The zero-order valence-corrected chi connectivity index (χ0v) is 18.7. The number of methoxy groups -OCH3 is 2. The molecule has 2 aromatic carbocycles. The van der Waals surface area contributed by atoms with Crippen LogP contribution < -0.4 is 15.4 Å². The Morgan fingerprint density at radius 3 is 2.58 bits per heavy atom. The number of hydrogen-bond acceptors (Lipinski definition) is 8. The van der Waals surface area contributed by atoms with E-state index in [4.69, 9.17) is 25.8 Å². The minimum absolute atomic E-state index is 0.00281. The number of nitrogens with zero attached hydrogens (tertiary/aromatic N) is 3. The number of hydrogen-bond donors (Lipinski definition) is 3. The van der Waals surface area contributed by atoms with Crippen LogP contribution in [-0.2, 0) is 9.47 Å². The largest absolute Gasteiger partial charge is 0.479 e. The van der Waals surface area contributed by atoms with Gasteiger partial charge in [0, 0.05) is 42.6 Å². The molecule has 3 atom stereocenters. The Labute approximate surface area is 194 Å². The van der Waals surface area contributed by atoms with Gasteiger partial charge < -0.3 is 24.6 Å². The molecule has 12 heteroatoms. The fraction of sp³-hybridized carbons (Fsp3) is 0.333. The van der Waals surface area contributed by atoms with E-state index in [1.165, 1.54) is 32.4 Å². The van der Waals surface area contributed by atoms with Gasteiger partial charge in [0.1, 0.15) is 17.9 Å². The van der Waals surface area contributed by atoms with Crippen LogP contribution in [0.25, 0.3) is 0 Å². The van der Waals surface area contributed by atoms with Gasteiger partial charge >= 0.3 is 0 Å². The van der Waals surface area contributed by atoms with Gasteiger partial charge in [0.25, 0.3) is 5.69 Å². The number of rotatable bonds is 6. The van der Waals surface area contributed by atoms with Crippen molar-refractivity contribution in [2.45, 2.75) is 31.0 Å². The SMILES string of the molecule is COC(OC)[C@]1(C)Oc2ccc([N+](=O)[O-])cc2[C@@H](N=C(NC#N)Nc2ccc(Cl)cc2)[C@@H]1O. The third-order valence-corrected chi connectivity index (χ3v) is 5.44. The molecule has 3 N–H and O–H groups in total. The lowest BCUT2D eigenvalue weighted by Crippen LogP contribution is -2.59. The standard InChI is InChI=1S/C21H22ClN5O6/c1-21(19(31-2)32-3)18(28)17(15-10-14(27(29)30)8-9-16(15)33-21)26-20(24-11-23)25-13-6-4-12(22)5-7-13/h4-10,17-19,28H,1-3H3,(H2,24,25,26)/t17-,18+,21-/m1/s1. The Balaban J connectivity index is 2.12. The molecule has 33 heavy (non-hydrogen) atoms. The molecular weight excluding hydrogens is 454 g/mol. The lowest BCUT2D eigenvalue weighted by atomic mass is 9.84. The van der Waals surface area contributed by atoms with Gasteiger partial charge in [-0.1, -0.05) is 11.6 Å². The zero-order valence-electron chi connectivity index (χ0n) is 18.0. The van der Waals surface area contributed by atoms with E-state index in [0.717, 1.165) is 0 Å². The number of aliphatic hydroxyl groups is 1. The van der Waals surface area contributed by atoms with Gasteiger partial charge in [0.2, 0.25) is 5.96 Å². The fourth-order valence-corrected chi connectivity index (χ4v) is 3.73. The lowest BCUT2D eigenvalue weighted by Gasteiger charge is -2.45. The zero-order chi connectivity index (χ0) is 24.2. The molecule has 0 amide bonds. The van der Waals surface area contributed by atoms with Crippen molar-refractivity contribution in [2.24, 2.45) is 4.99 Å². The van der Waals surface area contributed by atoms with Gasteiger partial charge in [0.05, 0.1) is 4.92 Å². The number of nitriles is 1. The normalized spacial score (nSPS) is 22.2. The highest BCUT2D eigenvalue weighted by Gasteiger charge is 2.52. The summed E-state index contributed by atoms with van der Waals surface area (Å²) in [7, 11) is 2.79. The summed E-state index contributed by atoms with van der Waals surface area (Å²) in [5, 5.41) is 37.7. The third kappa shape index (κ3) is 4.99. The first-order valence-electron chi connectivity index (χ1n) is 9.70. The average molecular weight is 476 g/mol. The highest BCUT2D eigenvalue weighted by Crippen LogP contribution is 2.45. The summed E-state index contributed by atoms with van der Waals surface area (Å²) in [5.74, 6) is 0.251. The molecule has 174 valence electrons. The molecule has 0 saturated heterocycles. The minimum atomic E-state index is -1.43. The molecule has 0 radical (unpaired) electrons. The number of anilines is 1. The second kappa shape index (κ2) is 10.0. The van der Waals surface area contributed by atoms with Crippen molar-refractivity contribution in [1.29, 1.82) is 5.26 Å². The van der Waals surface area contributed by atoms with E-state index in [1.54, 1.807) is 37.4 Å². The van der Waals surface area contributed by atoms with Gasteiger partial charge in [-0.3, -0.25) is 15.4 Å². The maximum absolute atomic E-state index is 11.3. The maximum Gasteiger partial charge on any atom is 0.270 e. The summed E-state index contributed by atoms with van der Waals surface area (Å²) >= 11 is 5.92. The number of nitrogens with one attached hydrogen (secondary N) is 2. The quantitative estimate of drug-likeness (QED) is 0.109. The van der Waals surface area contributed by atoms with E-state index in [9.17, 15) is 20.5 Å². The van der Waals surface area contributed by atoms with Crippen LogP contribution in [0.1, 0.15) is 18.5 Å². The predicted octanol–water partition coefficient (Wildman–Crippen LogP) is 2.96. The molecule has 0 unspecified atom stereocenters. The number of benzene rings is 2. The van der Waals surface area contributed by atoms with Crippen molar-refractivity contribution in [3.63, 3.8) is 0 Å². The van der Waals surface area contributed by atoms with E-state index in [0.29, 0.717) is 10.7 Å². The van der Waals surface area contributed by atoms with Gasteiger partial charge in [-0.05, 0) is 37.3 Å². The number of halogens is 1. The van der Waals surface area contributed by atoms with E-state index in [2.05, 4.69) is 15.6 Å². The van der Waals surface area contributed by atoms with E-state index >= 15 is 0 Å². The summed E-state index contributed by atoms with van der Waals surface area (Å²) in [6.07, 6.45) is -0.587. The number of fused-ring (bicyclic) bond motifs is 1. The monoisotopic (exact) mass is 475 g/mol. The van der Waals surface area contributed by atoms with Crippen molar-refractivity contribution in [2.75, 3.05) is 19.5 Å². The molecule has 1 aliphatic rings. The first-order valence-corrected chi connectivity index (χ1v) is 10.1. The van der Waals surface area contributed by atoms with Crippen LogP contribution in [0.3, 0.4) is 0 Å². The van der Waals surface area contributed by atoms with Crippen molar-refractivity contribution in [3.8, 4) is 11.9 Å². The topological polar surface area (TPSA) is 151 Å². The Hall–Kier alpha value is -3.43. The number of nitro groups is 1. The second-order valence-electron chi connectivity index (χ2n) is 7.30. The van der Waals surface area contributed by atoms with Crippen molar-refractivity contribution < 1.29 is 24.2 Å². The molecule has 0 fully saturated rings. The van der Waals surface area contributed by atoms with Crippen LogP contribution in [0, 0.1) is 21.6 Å². The molecule has 0 aliphatic carbocycles. The van der Waals surface area contributed by atoms with Crippen LogP contribution in [0.5, 0.6) is 5.75 Å². The molecule has 2 aromatic rings. The first kappa shape index (κ1) is 24.2. The maximum atomic E-state index is 11.3. The molecule has 1 heterocycles. The minimum Gasteiger partial charge on any atom is -0.479 e. The van der Waals surface area contributed by atoms with Crippen molar-refractivity contribution in [1.82, 2.24) is 5.32 Å². The number of ether oxygens (including phenoxy) is 3. The molecule has 1 aliphatic heterocycles. The molecule has 0 spiro atoms. The molecule has 0 bridgehead atoms. The molecule has 3 rings (SSSR count). The number of non-ortho nitro benzene ring substituents is 1. The van der Waals surface area contributed by atoms with Crippen LogP contribution in [0.15, 0.2) is 47.5 Å². The Bertz CT molecular complexity index is 1090. The second-order valence-corrected chi connectivity index (χ2v) is 7.74. The van der Waals surface area contributed by atoms with Gasteiger partial charge in [-0.15, -0.1) is 0 Å². The van der Waals surface area contributed by atoms with Crippen molar-refractivity contribution in [3.05, 3.63) is 63.2 Å². The predicted molar refractivity (Wildman–Crippen MR) is 120 cm³/mol. The number of aliphatic imine (C=N–C) groups is 1. The lowest BCUT2D eigenvalue weighted by molar-refractivity contribution is -0.385. The van der Waals surface area contributed by atoms with Gasteiger partial charge in [-0.2, -0.15) is 5.26 Å². The average Bonchev–Trinajstić information content (AvgIpc) is 2.79. The van der Waals surface area contributed by atoms with Crippen LogP contribution in [0.2, 0.25) is 5.02 Å². The van der Waals surface area contributed by atoms with Crippen molar-refractivity contribution >= 4 is 28.9 Å². The summed E-state index contributed by atoms with van der Waals surface area (Å²) < 4.78 is 16.7. The summed E-state index contributed by atoms with van der Waals surface area (Å²) in [4.78, 5) is 15.3. The molecule has 11 nitrogen and oxygen atoms in total. The van der Waals surface area contributed by atoms with Gasteiger partial charge in [-0.25, -0.2) is 4.99 Å². The Kier molecular flexibility index (Phi) is 7.35. The smallest absolute Gasteiger partial charge is 0.270 e.